The van der Waals surface area contributed by atoms with E-state index in [4.69, 9.17) is 16.2 Å². The van der Waals surface area contributed by atoms with Crippen molar-refractivity contribution in [3.63, 3.8) is 0 Å². The number of aldehydes is 1. The molecule has 1 unspecified atom stereocenters. The molecule has 130 valence electrons. The van der Waals surface area contributed by atoms with Crippen LogP contribution in [0.15, 0.2) is 54.6 Å². The number of hydrogen-bond donors (Lipinski definition) is 2. The minimum atomic E-state index is -0.0954. The van der Waals surface area contributed by atoms with Gasteiger partial charge in [-0.1, -0.05) is 48.5 Å². The first-order chi connectivity index (χ1) is 12.7. The van der Waals surface area contributed by atoms with Gasteiger partial charge in [0.05, 0.1) is 22.1 Å². The first-order valence-electron chi connectivity index (χ1n) is 8.15. The van der Waals surface area contributed by atoms with Crippen molar-refractivity contribution in [1.29, 1.82) is 0 Å². The summed E-state index contributed by atoms with van der Waals surface area (Å²) < 4.78 is 5.92. The standard InChI is InChI=1S/C20H17N3O2S/c21-17-14(10-24)19(22)23-20-16(17)18(13-8-4-5-9-15(13)25-20)26-11-12-6-2-1-3-7-12/h1-10,18H,11H2,(H4,21,22,23). The second-order valence-corrected chi connectivity index (χ2v) is 7.07. The minimum Gasteiger partial charge on any atom is -0.438 e. The SMILES string of the molecule is Nc1nc2c(c(N)c1C=O)C(SCc1ccccc1)c1ccccc1O2. The van der Waals surface area contributed by atoms with Gasteiger partial charge in [-0.25, -0.2) is 0 Å². The van der Waals surface area contributed by atoms with Crippen molar-refractivity contribution in [2.75, 3.05) is 11.5 Å². The Kier molecular flexibility index (Phi) is 4.26. The third kappa shape index (κ3) is 2.78. The molecule has 0 amide bonds. The van der Waals surface area contributed by atoms with Crippen LogP contribution in [-0.4, -0.2) is 11.3 Å². The van der Waals surface area contributed by atoms with E-state index in [1.807, 2.05) is 42.5 Å². The van der Waals surface area contributed by atoms with Gasteiger partial charge in [-0.3, -0.25) is 4.79 Å². The molecular weight excluding hydrogens is 346 g/mol. The lowest BCUT2D eigenvalue weighted by Gasteiger charge is -2.29. The number of benzene rings is 2. The molecule has 1 aliphatic rings. The lowest BCUT2D eigenvalue weighted by molar-refractivity contribution is 0.112. The molecule has 1 aliphatic heterocycles. The van der Waals surface area contributed by atoms with Gasteiger partial charge < -0.3 is 16.2 Å². The third-order valence-electron chi connectivity index (χ3n) is 4.36. The topological polar surface area (TPSA) is 91.2 Å². The van der Waals surface area contributed by atoms with Crippen molar-refractivity contribution in [2.24, 2.45) is 0 Å². The average molecular weight is 363 g/mol. The van der Waals surface area contributed by atoms with Gasteiger partial charge in [0.15, 0.2) is 6.29 Å². The Balaban J connectivity index is 1.80. The number of para-hydroxylation sites is 1. The van der Waals surface area contributed by atoms with Crippen molar-refractivity contribution in [2.45, 2.75) is 11.0 Å². The molecule has 0 spiro atoms. The number of anilines is 2. The maximum Gasteiger partial charge on any atom is 0.228 e. The minimum absolute atomic E-state index is 0.0856. The second kappa shape index (κ2) is 6.72. The van der Waals surface area contributed by atoms with Crippen LogP contribution in [0.1, 0.15) is 32.3 Å². The Morgan fingerprint density at radius 2 is 1.81 bits per heavy atom. The van der Waals surface area contributed by atoms with Crippen molar-refractivity contribution in [1.82, 2.24) is 4.98 Å². The Hall–Kier alpha value is -2.99. The zero-order valence-corrected chi connectivity index (χ0v) is 14.7. The number of hydrogen-bond acceptors (Lipinski definition) is 6. The largest absolute Gasteiger partial charge is 0.438 e. The maximum atomic E-state index is 11.4. The van der Waals surface area contributed by atoms with E-state index in [1.165, 1.54) is 5.56 Å². The lowest BCUT2D eigenvalue weighted by Crippen LogP contribution is -2.15. The number of rotatable bonds is 4. The van der Waals surface area contributed by atoms with Gasteiger partial charge in [-0.2, -0.15) is 4.98 Å². The summed E-state index contributed by atoms with van der Waals surface area (Å²) >= 11 is 1.72. The van der Waals surface area contributed by atoms with E-state index in [1.54, 1.807) is 11.8 Å². The van der Waals surface area contributed by atoms with E-state index in [9.17, 15) is 4.79 Å². The summed E-state index contributed by atoms with van der Waals surface area (Å²) in [7, 11) is 0. The average Bonchev–Trinajstić information content (AvgIpc) is 2.66. The summed E-state index contributed by atoms with van der Waals surface area (Å²) in [5.74, 6) is 1.98. The molecule has 0 saturated heterocycles. The molecule has 0 fully saturated rings. The van der Waals surface area contributed by atoms with Crippen molar-refractivity contribution in [3.8, 4) is 11.6 Å². The van der Waals surface area contributed by atoms with Crippen LogP contribution in [0.2, 0.25) is 0 Å². The van der Waals surface area contributed by atoms with Crippen LogP contribution >= 0.6 is 11.8 Å². The molecule has 2 heterocycles. The van der Waals surface area contributed by atoms with Crippen LogP contribution in [0.3, 0.4) is 0 Å². The van der Waals surface area contributed by atoms with Crippen LogP contribution in [-0.2, 0) is 5.75 Å². The molecule has 3 aromatic rings. The van der Waals surface area contributed by atoms with E-state index in [-0.39, 0.29) is 16.6 Å². The molecule has 1 aromatic heterocycles. The van der Waals surface area contributed by atoms with Gasteiger partial charge >= 0.3 is 0 Å². The monoisotopic (exact) mass is 363 g/mol. The van der Waals surface area contributed by atoms with Crippen LogP contribution in [0.25, 0.3) is 0 Å². The van der Waals surface area contributed by atoms with Gasteiger partial charge in [0.1, 0.15) is 11.6 Å². The molecule has 0 saturated carbocycles. The Morgan fingerprint density at radius 3 is 2.58 bits per heavy atom. The first-order valence-corrected chi connectivity index (χ1v) is 9.20. The molecule has 4 rings (SSSR count). The molecule has 0 radical (unpaired) electrons. The highest BCUT2D eigenvalue weighted by Crippen LogP contribution is 2.52. The number of carbonyl (C=O) groups is 1. The third-order valence-corrected chi connectivity index (χ3v) is 5.68. The van der Waals surface area contributed by atoms with E-state index in [0.717, 1.165) is 17.1 Å². The highest BCUT2D eigenvalue weighted by molar-refractivity contribution is 7.99. The molecular formula is C20H17N3O2S. The number of pyridine rings is 1. The van der Waals surface area contributed by atoms with E-state index in [0.29, 0.717) is 23.4 Å². The van der Waals surface area contributed by atoms with E-state index >= 15 is 0 Å². The number of thioether (sulfide) groups is 1. The molecule has 26 heavy (non-hydrogen) atoms. The van der Waals surface area contributed by atoms with Gasteiger partial charge in [-0.05, 0) is 11.6 Å². The molecule has 6 heteroatoms. The number of nitrogens with zero attached hydrogens (tertiary/aromatic N) is 1. The molecule has 4 N–H and O–H groups in total. The maximum absolute atomic E-state index is 11.4. The van der Waals surface area contributed by atoms with Crippen LogP contribution < -0.4 is 16.2 Å². The highest BCUT2D eigenvalue weighted by atomic mass is 32.2. The van der Waals surface area contributed by atoms with Crippen LogP contribution in [0, 0.1) is 0 Å². The first kappa shape index (κ1) is 16.5. The highest BCUT2D eigenvalue weighted by Gasteiger charge is 2.32. The second-order valence-electron chi connectivity index (χ2n) is 5.98. The van der Waals surface area contributed by atoms with Gasteiger partial charge in [0.2, 0.25) is 5.88 Å². The summed E-state index contributed by atoms with van der Waals surface area (Å²) in [6.45, 7) is 0. The molecule has 0 bridgehead atoms. The number of nitrogens with two attached hydrogens (primary N) is 2. The Morgan fingerprint density at radius 1 is 1.08 bits per heavy atom. The number of nitrogen functional groups attached to an aromatic ring is 2. The predicted molar refractivity (Wildman–Crippen MR) is 105 cm³/mol. The molecule has 2 aromatic carbocycles. The van der Waals surface area contributed by atoms with Gasteiger partial charge in [-0.15, -0.1) is 11.8 Å². The van der Waals surface area contributed by atoms with Crippen molar-refractivity contribution in [3.05, 3.63) is 76.9 Å². The zero-order chi connectivity index (χ0) is 18.1. The molecule has 5 nitrogen and oxygen atoms in total. The summed E-state index contributed by atoms with van der Waals surface area (Å²) in [6, 6.07) is 18.0. The fourth-order valence-electron chi connectivity index (χ4n) is 3.06. The van der Waals surface area contributed by atoms with Gasteiger partial charge in [0.25, 0.3) is 0 Å². The van der Waals surface area contributed by atoms with Crippen molar-refractivity contribution < 1.29 is 9.53 Å². The van der Waals surface area contributed by atoms with E-state index in [2.05, 4.69) is 17.1 Å². The predicted octanol–water partition coefficient (Wildman–Crippen LogP) is 4.19. The summed E-state index contributed by atoms with van der Waals surface area (Å²) in [5, 5.41) is -0.0954. The van der Waals surface area contributed by atoms with Crippen LogP contribution in [0.4, 0.5) is 11.5 Å². The summed E-state index contributed by atoms with van der Waals surface area (Å²) in [6.07, 6.45) is 0.650. The number of aromatic nitrogens is 1. The molecule has 1 atom stereocenters. The fourth-order valence-corrected chi connectivity index (χ4v) is 4.38. The number of carbonyl (C=O) groups excluding carboxylic acids is 1. The normalized spacial score (nSPS) is 14.8. The van der Waals surface area contributed by atoms with E-state index < -0.39 is 0 Å². The summed E-state index contributed by atoms with van der Waals surface area (Å²) in [5.41, 5.74) is 15.6. The number of ether oxygens (including phenoxy) is 1. The zero-order valence-electron chi connectivity index (χ0n) is 13.9. The molecule has 0 aliphatic carbocycles. The summed E-state index contributed by atoms with van der Waals surface area (Å²) in [4.78, 5) is 15.7. The number of fused-ring (bicyclic) bond motifs is 2. The Bertz CT molecular complexity index is 976. The fraction of sp³-hybridized carbons (Fsp3) is 0.100. The lowest BCUT2D eigenvalue weighted by atomic mass is 9.98. The van der Waals surface area contributed by atoms with Crippen LogP contribution in [0.5, 0.6) is 11.6 Å². The van der Waals surface area contributed by atoms with Gasteiger partial charge in [0, 0.05) is 11.3 Å². The smallest absolute Gasteiger partial charge is 0.228 e. The van der Waals surface area contributed by atoms with Crippen molar-refractivity contribution >= 4 is 29.6 Å². The quantitative estimate of drug-likeness (QED) is 0.676. The Labute approximate surface area is 155 Å².